The molecule has 0 aliphatic rings. The van der Waals surface area contributed by atoms with E-state index in [4.69, 9.17) is 9.15 Å². The maximum atomic E-state index is 13.5. The van der Waals surface area contributed by atoms with Gasteiger partial charge in [0, 0.05) is 5.39 Å². The molecule has 0 amide bonds. The van der Waals surface area contributed by atoms with Gasteiger partial charge in [-0.2, -0.15) is 0 Å². The van der Waals surface area contributed by atoms with Crippen LogP contribution in [0.3, 0.4) is 0 Å². The molecule has 3 aromatic rings. The Bertz CT molecular complexity index is 933. The van der Waals surface area contributed by atoms with E-state index in [2.05, 4.69) is 15.9 Å². The molecule has 6 heteroatoms. The van der Waals surface area contributed by atoms with Crippen molar-refractivity contribution < 1.29 is 18.7 Å². The number of ether oxygens (including phenoxy) is 1. The molecule has 0 saturated carbocycles. The molecule has 0 aliphatic heterocycles. The fraction of sp³-hybridized carbons (Fsp3) is 0.0625. The van der Waals surface area contributed by atoms with Crippen LogP contribution in [0.25, 0.3) is 22.1 Å². The molecular weight excluding hydrogens is 355 g/mol. The smallest absolute Gasteiger partial charge is 0.344 e. The van der Waals surface area contributed by atoms with Crippen LogP contribution < -0.4 is 10.4 Å². The molecule has 1 heterocycles. The van der Waals surface area contributed by atoms with Gasteiger partial charge in [0.2, 0.25) is 0 Å². The van der Waals surface area contributed by atoms with E-state index in [1.807, 2.05) is 0 Å². The maximum absolute atomic E-state index is 13.5. The van der Waals surface area contributed by atoms with Crippen LogP contribution >= 0.6 is 15.9 Å². The lowest BCUT2D eigenvalue weighted by Gasteiger charge is -2.07. The fourth-order valence-corrected chi connectivity index (χ4v) is 2.73. The lowest BCUT2D eigenvalue weighted by Crippen LogP contribution is -2.03. The summed E-state index contributed by atoms with van der Waals surface area (Å²) in [6.07, 6.45) is 0. The van der Waals surface area contributed by atoms with Gasteiger partial charge in [0.05, 0.1) is 17.1 Å². The number of fused-ring (bicyclic) bond motifs is 1. The number of rotatable bonds is 2. The zero-order valence-electron chi connectivity index (χ0n) is 11.4. The Morgan fingerprint density at radius 1 is 1.23 bits per heavy atom. The van der Waals surface area contributed by atoms with Gasteiger partial charge in [-0.15, -0.1) is 0 Å². The largest absolute Gasteiger partial charge is 0.504 e. The molecule has 22 heavy (non-hydrogen) atoms. The van der Waals surface area contributed by atoms with E-state index >= 15 is 0 Å². The molecule has 0 radical (unpaired) electrons. The second-order valence-electron chi connectivity index (χ2n) is 4.64. The second-order valence-corrected chi connectivity index (χ2v) is 5.49. The average molecular weight is 365 g/mol. The van der Waals surface area contributed by atoms with Crippen LogP contribution in [0, 0.1) is 5.82 Å². The van der Waals surface area contributed by atoms with Gasteiger partial charge in [-0.3, -0.25) is 0 Å². The SMILES string of the molecule is COc1cc(-c2cc3cc(F)cc(Br)c3oc2=O)ccc1O. The lowest BCUT2D eigenvalue weighted by molar-refractivity contribution is 0.373. The van der Waals surface area contributed by atoms with Crippen LogP contribution in [0.5, 0.6) is 11.5 Å². The van der Waals surface area contributed by atoms with Crippen molar-refractivity contribution in [2.45, 2.75) is 0 Å². The number of hydrogen-bond donors (Lipinski definition) is 1. The summed E-state index contributed by atoms with van der Waals surface area (Å²) in [5.74, 6) is -0.245. The van der Waals surface area contributed by atoms with Crippen LogP contribution in [0.4, 0.5) is 4.39 Å². The zero-order chi connectivity index (χ0) is 15.9. The van der Waals surface area contributed by atoms with Crippen LogP contribution in [-0.2, 0) is 0 Å². The van der Waals surface area contributed by atoms with E-state index < -0.39 is 11.4 Å². The van der Waals surface area contributed by atoms with Gasteiger partial charge in [0.1, 0.15) is 5.82 Å². The van der Waals surface area contributed by atoms with Crippen molar-refractivity contribution in [3.8, 4) is 22.6 Å². The molecule has 0 saturated heterocycles. The molecule has 112 valence electrons. The van der Waals surface area contributed by atoms with Crippen molar-refractivity contribution in [1.29, 1.82) is 0 Å². The van der Waals surface area contributed by atoms with E-state index in [0.717, 1.165) is 0 Å². The summed E-state index contributed by atoms with van der Waals surface area (Å²) in [4.78, 5) is 12.2. The van der Waals surface area contributed by atoms with Gasteiger partial charge < -0.3 is 14.3 Å². The first-order chi connectivity index (χ1) is 10.5. The van der Waals surface area contributed by atoms with Gasteiger partial charge in [-0.1, -0.05) is 6.07 Å². The summed E-state index contributed by atoms with van der Waals surface area (Å²) < 4.78 is 24.2. The number of halogens is 2. The Balaban J connectivity index is 2.27. The molecular formula is C16H10BrFO4. The highest BCUT2D eigenvalue weighted by molar-refractivity contribution is 9.10. The van der Waals surface area contributed by atoms with Crippen LogP contribution in [0.15, 0.2) is 50.1 Å². The summed E-state index contributed by atoms with van der Waals surface area (Å²) in [5.41, 5.74) is 0.474. The van der Waals surface area contributed by atoms with Crippen molar-refractivity contribution in [1.82, 2.24) is 0 Å². The van der Waals surface area contributed by atoms with Crippen molar-refractivity contribution in [3.05, 3.63) is 57.1 Å². The first kappa shape index (κ1) is 14.6. The highest BCUT2D eigenvalue weighted by Crippen LogP contribution is 2.32. The predicted molar refractivity (Wildman–Crippen MR) is 83.8 cm³/mol. The minimum absolute atomic E-state index is 0.0368. The molecule has 0 spiro atoms. The average Bonchev–Trinajstić information content (AvgIpc) is 2.48. The minimum Gasteiger partial charge on any atom is -0.504 e. The number of methoxy groups -OCH3 is 1. The Morgan fingerprint density at radius 2 is 2.00 bits per heavy atom. The van der Waals surface area contributed by atoms with Crippen molar-refractivity contribution in [3.63, 3.8) is 0 Å². The second kappa shape index (κ2) is 5.46. The highest BCUT2D eigenvalue weighted by Gasteiger charge is 2.13. The van der Waals surface area contributed by atoms with E-state index in [1.165, 1.54) is 31.4 Å². The third-order valence-electron chi connectivity index (χ3n) is 3.24. The first-order valence-corrected chi connectivity index (χ1v) is 7.09. The van der Waals surface area contributed by atoms with Gasteiger partial charge in [-0.25, -0.2) is 9.18 Å². The summed E-state index contributed by atoms with van der Waals surface area (Å²) >= 11 is 3.17. The number of phenolic OH excluding ortho intramolecular Hbond substituents is 1. The summed E-state index contributed by atoms with van der Waals surface area (Å²) in [7, 11) is 1.41. The summed E-state index contributed by atoms with van der Waals surface area (Å²) in [6.45, 7) is 0. The number of hydrogen-bond acceptors (Lipinski definition) is 4. The topological polar surface area (TPSA) is 59.7 Å². The molecule has 4 nitrogen and oxygen atoms in total. The molecule has 0 fully saturated rings. The monoisotopic (exact) mass is 364 g/mol. The van der Waals surface area contributed by atoms with Gasteiger partial charge in [0.15, 0.2) is 17.1 Å². The maximum Gasteiger partial charge on any atom is 0.344 e. The van der Waals surface area contributed by atoms with Gasteiger partial charge in [0.25, 0.3) is 0 Å². The highest BCUT2D eigenvalue weighted by atomic mass is 79.9. The van der Waals surface area contributed by atoms with Crippen LogP contribution in [0.1, 0.15) is 0 Å². The number of aromatic hydroxyl groups is 1. The number of phenols is 1. The van der Waals surface area contributed by atoms with Crippen LogP contribution in [-0.4, -0.2) is 12.2 Å². The summed E-state index contributed by atoms with van der Waals surface area (Å²) in [6, 6.07) is 8.55. The van der Waals surface area contributed by atoms with Gasteiger partial charge in [-0.05, 0) is 51.8 Å². The Morgan fingerprint density at radius 3 is 2.73 bits per heavy atom. The van der Waals surface area contributed by atoms with Crippen LogP contribution in [0.2, 0.25) is 0 Å². The molecule has 0 atom stereocenters. The Hall–Kier alpha value is -2.34. The third kappa shape index (κ3) is 2.46. The van der Waals surface area contributed by atoms with E-state index in [1.54, 1.807) is 12.1 Å². The van der Waals surface area contributed by atoms with E-state index in [9.17, 15) is 14.3 Å². The molecule has 1 N–H and O–H groups in total. The molecule has 1 aromatic heterocycles. The summed E-state index contributed by atoms with van der Waals surface area (Å²) in [5, 5.41) is 10.1. The van der Waals surface area contributed by atoms with E-state index in [-0.39, 0.29) is 22.6 Å². The zero-order valence-corrected chi connectivity index (χ0v) is 13.0. The van der Waals surface area contributed by atoms with Crippen molar-refractivity contribution in [2.24, 2.45) is 0 Å². The molecule has 2 aromatic carbocycles. The molecule has 0 unspecified atom stereocenters. The Kier molecular flexibility index (Phi) is 3.62. The van der Waals surface area contributed by atoms with E-state index in [0.29, 0.717) is 15.4 Å². The Labute approximate surface area is 132 Å². The standard InChI is InChI=1S/C16H10BrFO4/c1-21-14-6-8(2-3-13(14)19)11-5-9-4-10(18)7-12(17)15(9)22-16(11)20/h2-7,19H,1H3. The predicted octanol–water partition coefficient (Wildman–Crippen LogP) is 4.08. The first-order valence-electron chi connectivity index (χ1n) is 6.30. The minimum atomic E-state index is -0.562. The molecule has 3 rings (SSSR count). The normalized spacial score (nSPS) is 10.9. The number of benzene rings is 2. The molecule has 0 aliphatic carbocycles. The van der Waals surface area contributed by atoms with Gasteiger partial charge >= 0.3 is 5.63 Å². The molecule has 0 bridgehead atoms. The van der Waals surface area contributed by atoms with Crippen molar-refractivity contribution in [2.75, 3.05) is 7.11 Å². The van der Waals surface area contributed by atoms with Crippen molar-refractivity contribution >= 4 is 26.9 Å². The lowest BCUT2D eigenvalue weighted by atomic mass is 10.1. The third-order valence-corrected chi connectivity index (χ3v) is 3.83. The quantitative estimate of drug-likeness (QED) is 0.696. The fourth-order valence-electron chi connectivity index (χ4n) is 2.20.